The van der Waals surface area contributed by atoms with E-state index in [4.69, 9.17) is 34.5 Å². The van der Waals surface area contributed by atoms with E-state index >= 15 is 0 Å². The van der Waals surface area contributed by atoms with E-state index in [9.17, 15) is 9.59 Å². The lowest BCUT2D eigenvalue weighted by atomic mass is 10.2. The molecule has 0 heterocycles. The third kappa shape index (κ3) is 10.1. The number of hydrogen-bond donors (Lipinski definition) is 4. The standard InChI is InChI=1S/2C5H7NO2/c2*1-2-3-4(6)5(7)8/h2*1,4H,3,6H2,(H,7,8)/t2*4-/m11/s1. The Hall–Kier alpha value is -2.02. The molecule has 0 aromatic carbocycles. The number of terminal acetylenes is 2. The molecule has 0 aromatic heterocycles. The normalized spacial score (nSPS) is 12.0. The molecule has 16 heavy (non-hydrogen) atoms. The highest BCUT2D eigenvalue weighted by Crippen LogP contribution is 1.83. The van der Waals surface area contributed by atoms with Gasteiger partial charge >= 0.3 is 11.9 Å². The van der Waals surface area contributed by atoms with E-state index in [-0.39, 0.29) is 12.8 Å². The maximum Gasteiger partial charge on any atom is 0.321 e. The Morgan fingerprint density at radius 3 is 1.31 bits per heavy atom. The van der Waals surface area contributed by atoms with E-state index in [0.29, 0.717) is 0 Å². The molecule has 2 atom stereocenters. The Bertz CT molecular complexity index is 282. The molecular formula is C10H14N2O4. The number of nitrogens with two attached hydrogens (primary N) is 2. The van der Waals surface area contributed by atoms with Crippen molar-refractivity contribution in [1.29, 1.82) is 0 Å². The average molecular weight is 226 g/mol. The number of carbonyl (C=O) groups is 2. The first-order valence-corrected chi connectivity index (χ1v) is 4.20. The van der Waals surface area contributed by atoms with Gasteiger partial charge < -0.3 is 21.7 Å². The van der Waals surface area contributed by atoms with Gasteiger partial charge in [0.15, 0.2) is 0 Å². The van der Waals surface area contributed by atoms with Gasteiger partial charge in [0.25, 0.3) is 0 Å². The maximum absolute atomic E-state index is 9.87. The molecule has 0 saturated carbocycles. The summed E-state index contributed by atoms with van der Waals surface area (Å²) < 4.78 is 0. The van der Waals surface area contributed by atoms with Crippen LogP contribution in [0.15, 0.2) is 0 Å². The summed E-state index contributed by atoms with van der Waals surface area (Å²) in [5, 5.41) is 16.2. The molecule has 6 nitrogen and oxygen atoms in total. The minimum absolute atomic E-state index is 0.0926. The molecular weight excluding hydrogens is 212 g/mol. The second kappa shape index (κ2) is 9.53. The van der Waals surface area contributed by atoms with Crippen molar-refractivity contribution in [2.24, 2.45) is 11.5 Å². The van der Waals surface area contributed by atoms with Crippen molar-refractivity contribution in [3.05, 3.63) is 0 Å². The molecule has 0 bridgehead atoms. The molecule has 0 aliphatic carbocycles. The van der Waals surface area contributed by atoms with E-state index in [1.165, 1.54) is 0 Å². The molecule has 88 valence electrons. The van der Waals surface area contributed by atoms with Crippen LogP contribution in [0.5, 0.6) is 0 Å². The van der Waals surface area contributed by atoms with Crippen LogP contribution >= 0.6 is 0 Å². The van der Waals surface area contributed by atoms with Crippen LogP contribution < -0.4 is 11.5 Å². The Morgan fingerprint density at radius 2 is 1.25 bits per heavy atom. The average Bonchev–Trinajstić information content (AvgIpc) is 2.19. The van der Waals surface area contributed by atoms with E-state index in [1.807, 2.05) is 0 Å². The van der Waals surface area contributed by atoms with Gasteiger partial charge in [-0.1, -0.05) is 0 Å². The van der Waals surface area contributed by atoms with Gasteiger partial charge in [-0.3, -0.25) is 9.59 Å². The van der Waals surface area contributed by atoms with Gasteiger partial charge in [-0.2, -0.15) is 0 Å². The third-order valence-electron chi connectivity index (χ3n) is 1.31. The first-order chi connectivity index (χ1) is 7.36. The summed E-state index contributed by atoms with van der Waals surface area (Å²) >= 11 is 0. The van der Waals surface area contributed by atoms with Crippen LogP contribution in [0.2, 0.25) is 0 Å². The zero-order valence-electron chi connectivity index (χ0n) is 8.59. The van der Waals surface area contributed by atoms with Gasteiger partial charge in [0, 0.05) is 12.8 Å². The lowest BCUT2D eigenvalue weighted by Crippen LogP contribution is -2.29. The Kier molecular flexibility index (Phi) is 9.78. The fourth-order valence-corrected chi connectivity index (χ4v) is 0.429. The summed E-state index contributed by atoms with van der Waals surface area (Å²) in [6.45, 7) is 0. The van der Waals surface area contributed by atoms with Crippen molar-refractivity contribution < 1.29 is 19.8 Å². The zero-order chi connectivity index (χ0) is 13.1. The van der Waals surface area contributed by atoms with Crippen molar-refractivity contribution >= 4 is 11.9 Å². The summed E-state index contributed by atoms with van der Waals surface area (Å²) in [5.74, 6) is 2.18. The molecule has 0 aliphatic rings. The van der Waals surface area contributed by atoms with Crippen LogP contribution in [-0.4, -0.2) is 34.2 Å². The lowest BCUT2D eigenvalue weighted by molar-refractivity contribution is -0.139. The van der Waals surface area contributed by atoms with E-state index < -0.39 is 24.0 Å². The summed E-state index contributed by atoms with van der Waals surface area (Å²) in [5.41, 5.74) is 9.97. The van der Waals surface area contributed by atoms with Gasteiger partial charge in [-0.05, 0) is 0 Å². The van der Waals surface area contributed by atoms with Crippen molar-refractivity contribution in [3.8, 4) is 24.7 Å². The highest BCUT2D eigenvalue weighted by Gasteiger charge is 2.07. The zero-order valence-corrected chi connectivity index (χ0v) is 8.59. The van der Waals surface area contributed by atoms with Crippen molar-refractivity contribution in [3.63, 3.8) is 0 Å². The summed E-state index contributed by atoms with van der Waals surface area (Å²) in [4.78, 5) is 19.7. The van der Waals surface area contributed by atoms with Gasteiger partial charge in [0.2, 0.25) is 0 Å². The third-order valence-corrected chi connectivity index (χ3v) is 1.31. The molecule has 0 rings (SSSR count). The molecule has 6 N–H and O–H groups in total. The quantitative estimate of drug-likeness (QED) is 0.448. The van der Waals surface area contributed by atoms with Crippen LogP contribution in [0.1, 0.15) is 12.8 Å². The minimum Gasteiger partial charge on any atom is -0.480 e. The predicted octanol–water partition coefficient (Wildman–Crippen LogP) is -1.16. The predicted molar refractivity (Wildman–Crippen MR) is 58.1 cm³/mol. The van der Waals surface area contributed by atoms with Gasteiger partial charge in [0.1, 0.15) is 12.1 Å². The fraction of sp³-hybridized carbons (Fsp3) is 0.400. The number of hydrogen-bond acceptors (Lipinski definition) is 4. The van der Waals surface area contributed by atoms with Crippen LogP contribution in [0.3, 0.4) is 0 Å². The smallest absolute Gasteiger partial charge is 0.321 e. The van der Waals surface area contributed by atoms with Gasteiger partial charge in [0.05, 0.1) is 0 Å². The van der Waals surface area contributed by atoms with Crippen molar-refractivity contribution in [2.75, 3.05) is 0 Å². The van der Waals surface area contributed by atoms with Gasteiger partial charge in [-0.25, -0.2) is 0 Å². The second-order valence-electron chi connectivity index (χ2n) is 2.71. The highest BCUT2D eigenvalue weighted by atomic mass is 16.4. The summed E-state index contributed by atoms with van der Waals surface area (Å²) in [7, 11) is 0. The summed E-state index contributed by atoms with van der Waals surface area (Å²) in [6.07, 6.45) is 9.73. The molecule has 0 spiro atoms. The van der Waals surface area contributed by atoms with E-state index in [1.54, 1.807) is 0 Å². The maximum atomic E-state index is 9.87. The molecule has 0 amide bonds. The minimum atomic E-state index is -1.05. The van der Waals surface area contributed by atoms with Crippen molar-refractivity contribution in [2.45, 2.75) is 24.9 Å². The molecule has 0 aliphatic heterocycles. The van der Waals surface area contributed by atoms with Crippen LogP contribution in [-0.2, 0) is 9.59 Å². The first-order valence-electron chi connectivity index (χ1n) is 4.20. The molecule has 0 fully saturated rings. The Morgan fingerprint density at radius 1 is 1.00 bits per heavy atom. The van der Waals surface area contributed by atoms with Crippen LogP contribution in [0, 0.1) is 24.7 Å². The molecule has 0 aromatic rings. The van der Waals surface area contributed by atoms with Crippen LogP contribution in [0.25, 0.3) is 0 Å². The van der Waals surface area contributed by atoms with Gasteiger partial charge in [-0.15, -0.1) is 24.7 Å². The number of aliphatic carboxylic acids is 2. The van der Waals surface area contributed by atoms with E-state index in [2.05, 4.69) is 11.8 Å². The largest absolute Gasteiger partial charge is 0.480 e. The first kappa shape index (κ1) is 16.4. The highest BCUT2D eigenvalue weighted by molar-refractivity contribution is 5.73. The Labute approximate surface area is 93.6 Å². The fourth-order valence-electron chi connectivity index (χ4n) is 0.429. The Balaban J connectivity index is 0. The monoisotopic (exact) mass is 226 g/mol. The SMILES string of the molecule is C#CC[C@@H](N)C(=O)O.C#CC[C@@H](N)C(=O)O. The van der Waals surface area contributed by atoms with Crippen molar-refractivity contribution in [1.82, 2.24) is 0 Å². The van der Waals surface area contributed by atoms with Crippen LogP contribution in [0.4, 0.5) is 0 Å². The number of carboxylic acids is 2. The second-order valence-corrected chi connectivity index (χ2v) is 2.71. The van der Waals surface area contributed by atoms with E-state index in [0.717, 1.165) is 0 Å². The topological polar surface area (TPSA) is 127 Å². The molecule has 0 radical (unpaired) electrons. The summed E-state index contributed by atoms with van der Waals surface area (Å²) in [6, 6.07) is -1.81. The molecule has 0 saturated heterocycles. The lowest BCUT2D eigenvalue weighted by Gasteiger charge is -1.96. The number of rotatable bonds is 4. The molecule has 6 heteroatoms. The number of carboxylic acid groups (broad SMARTS) is 2. The molecule has 0 unspecified atom stereocenters.